The van der Waals surface area contributed by atoms with E-state index in [9.17, 15) is 5.11 Å². The topological polar surface area (TPSA) is 41.8 Å². The van der Waals surface area contributed by atoms with Crippen molar-refractivity contribution < 1.29 is 9.84 Å². The minimum Gasteiger partial charge on any atom is -0.366 e. The second-order valence-electron chi connectivity index (χ2n) is 6.11. The van der Waals surface area contributed by atoms with Crippen LogP contribution in [0.1, 0.15) is 31.9 Å². The van der Waals surface area contributed by atoms with Gasteiger partial charge in [0.15, 0.2) is 6.29 Å². The van der Waals surface area contributed by atoms with Gasteiger partial charge in [0.2, 0.25) is 0 Å². The number of aliphatic hydroxyl groups excluding tert-OH is 1. The van der Waals surface area contributed by atoms with Gasteiger partial charge in [-0.15, -0.1) is 0 Å². The fraction of sp³-hybridized carbons (Fsp3) is 0.316. The van der Waals surface area contributed by atoms with E-state index < -0.39 is 11.9 Å². The van der Waals surface area contributed by atoms with Crippen LogP contribution in [0.3, 0.4) is 0 Å². The third-order valence-electron chi connectivity index (χ3n) is 2.99. The summed E-state index contributed by atoms with van der Waals surface area (Å²) >= 11 is 0. The molecule has 22 heavy (non-hydrogen) atoms. The minimum atomic E-state index is -0.914. The molecule has 0 aromatic heterocycles. The standard InChI is InChI=1S/C19H23NO2/c1-19(2,3)22-17(21)14-20-18(15-10-6-4-7-11-15)16-12-8-5-9-13-16/h4-13,17,21H,14H2,1-3H3. The summed E-state index contributed by atoms with van der Waals surface area (Å²) in [5.74, 6) is 0. The number of aliphatic imine (C=N–C) groups is 1. The van der Waals surface area contributed by atoms with Crippen molar-refractivity contribution in [2.45, 2.75) is 32.7 Å². The van der Waals surface area contributed by atoms with Crippen molar-refractivity contribution in [1.29, 1.82) is 0 Å². The monoisotopic (exact) mass is 297 g/mol. The molecule has 0 aliphatic rings. The maximum atomic E-state index is 10.00. The normalized spacial score (nSPS) is 12.7. The van der Waals surface area contributed by atoms with Crippen LogP contribution >= 0.6 is 0 Å². The second kappa shape index (κ2) is 7.34. The Hall–Kier alpha value is -1.97. The second-order valence-corrected chi connectivity index (χ2v) is 6.11. The van der Waals surface area contributed by atoms with Gasteiger partial charge < -0.3 is 9.84 Å². The first-order valence-corrected chi connectivity index (χ1v) is 7.47. The summed E-state index contributed by atoms with van der Waals surface area (Å²) in [6.45, 7) is 5.94. The fourth-order valence-electron chi connectivity index (χ4n) is 2.16. The Kier molecular flexibility index (Phi) is 5.47. The van der Waals surface area contributed by atoms with Crippen molar-refractivity contribution in [3.63, 3.8) is 0 Å². The van der Waals surface area contributed by atoms with Crippen molar-refractivity contribution in [2.24, 2.45) is 4.99 Å². The molecule has 1 atom stereocenters. The van der Waals surface area contributed by atoms with Crippen LogP contribution in [-0.4, -0.2) is 29.3 Å². The van der Waals surface area contributed by atoms with Crippen LogP contribution < -0.4 is 0 Å². The van der Waals surface area contributed by atoms with E-state index in [4.69, 9.17) is 4.74 Å². The van der Waals surface area contributed by atoms with Gasteiger partial charge in [0, 0.05) is 11.1 Å². The highest BCUT2D eigenvalue weighted by atomic mass is 16.6. The zero-order valence-electron chi connectivity index (χ0n) is 13.4. The maximum absolute atomic E-state index is 10.00. The summed E-state index contributed by atoms with van der Waals surface area (Å²) in [7, 11) is 0. The smallest absolute Gasteiger partial charge is 0.174 e. The third kappa shape index (κ3) is 5.10. The molecule has 2 aromatic carbocycles. The number of hydrogen-bond acceptors (Lipinski definition) is 3. The van der Waals surface area contributed by atoms with Crippen molar-refractivity contribution >= 4 is 5.71 Å². The predicted molar refractivity (Wildman–Crippen MR) is 90.2 cm³/mol. The number of rotatable bonds is 5. The summed E-state index contributed by atoms with van der Waals surface area (Å²) in [5.41, 5.74) is 2.51. The van der Waals surface area contributed by atoms with Gasteiger partial charge in [0.25, 0.3) is 0 Å². The van der Waals surface area contributed by atoms with E-state index in [1.807, 2.05) is 81.4 Å². The number of benzene rings is 2. The molecule has 1 unspecified atom stereocenters. The average molecular weight is 297 g/mol. The molecular weight excluding hydrogens is 274 g/mol. The van der Waals surface area contributed by atoms with Gasteiger partial charge in [0.1, 0.15) is 0 Å². The Labute approximate surface area is 132 Å². The first-order chi connectivity index (χ1) is 10.5. The van der Waals surface area contributed by atoms with Gasteiger partial charge in [-0.2, -0.15) is 0 Å². The summed E-state index contributed by atoms with van der Waals surface area (Å²) < 4.78 is 5.51. The van der Waals surface area contributed by atoms with Crippen LogP contribution in [-0.2, 0) is 4.74 Å². The lowest BCUT2D eigenvalue weighted by molar-refractivity contribution is -0.158. The fourth-order valence-corrected chi connectivity index (χ4v) is 2.16. The maximum Gasteiger partial charge on any atom is 0.174 e. The first-order valence-electron chi connectivity index (χ1n) is 7.47. The number of aliphatic hydroxyl groups is 1. The summed E-state index contributed by atoms with van der Waals surface area (Å²) in [6, 6.07) is 19.9. The molecule has 0 aliphatic heterocycles. The molecule has 2 aromatic rings. The highest BCUT2D eigenvalue weighted by Crippen LogP contribution is 2.13. The molecule has 0 radical (unpaired) electrons. The van der Waals surface area contributed by atoms with E-state index in [0.717, 1.165) is 16.8 Å². The molecule has 0 spiro atoms. The van der Waals surface area contributed by atoms with Crippen molar-refractivity contribution in [3.05, 3.63) is 71.8 Å². The largest absolute Gasteiger partial charge is 0.366 e. The van der Waals surface area contributed by atoms with Gasteiger partial charge in [-0.1, -0.05) is 60.7 Å². The van der Waals surface area contributed by atoms with Gasteiger partial charge in [0.05, 0.1) is 17.9 Å². The highest BCUT2D eigenvalue weighted by molar-refractivity contribution is 6.12. The number of nitrogens with zero attached hydrogens (tertiary/aromatic N) is 1. The Morgan fingerprint density at radius 3 is 1.82 bits per heavy atom. The molecule has 3 heteroatoms. The van der Waals surface area contributed by atoms with E-state index in [-0.39, 0.29) is 6.54 Å². The predicted octanol–water partition coefficient (Wildman–Crippen LogP) is 3.66. The van der Waals surface area contributed by atoms with Crippen molar-refractivity contribution in [3.8, 4) is 0 Å². The average Bonchev–Trinajstić information content (AvgIpc) is 2.48. The molecule has 116 valence electrons. The Morgan fingerprint density at radius 1 is 0.955 bits per heavy atom. The zero-order valence-corrected chi connectivity index (χ0v) is 13.4. The van der Waals surface area contributed by atoms with Gasteiger partial charge in [-0.05, 0) is 20.8 Å². The van der Waals surface area contributed by atoms with Gasteiger partial charge >= 0.3 is 0 Å². The molecule has 0 fully saturated rings. The van der Waals surface area contributed by atoms with Crippen LogP contribution in [0, 0.1) is 0 Å². The van der Waals surface area contributed by atoms with Crippen LogP contribution in [0.2, 0.25) is 0 Å². The van der Waals surface area contributed by atoms with Crippen molar-refractivity contribution in [1.82, 2.24) is 0 Å². The van der Waals surface area contributed by atoms with Crippen LogP contribution in [0.15, 0.2) is 65.7 Å². The highest BCUT2D eigenvalue weighted by Gasteiger charge is 2.16. The molecule has 0 heterocycles. The van der Waals surface area contributed by atoms with Crippen molar-refractivity contribution in [2.75, 3.05) is 6.54 Å². The van der Waals surface area contributed by atoms with E-state index in [1.54, 1.807) is 0 Å². The quantitative estimate of drug-likeness (QED) is 0.676. The molecule has 0 aliphatic carbocycles. The molecule has 1 N–H and O–H groups in total. The van der Waals surface area contributed by atoms with E-state index in [1.165, 1.54) is 0 Å². The molecule has 0 saturated carbocycles. The number of hydrogen-bond donors (Lipinski definition) is 1. The van der Waals surface area contributed by atoms with Crippen LogP contribution in [0.25, 0.3) is 0 Å². The van der Waals surface area contributed by atoms with E-state index in [0.29, 0.717) is 0 Å². The minimum absolute atomic E-state index is 0.205. The first kappa shape index (κ1) is 16.4. The molecule has 0 bridgehead atoms. The Bertz CT molecular complexity index is 559. The lowest BCUT2D eigenvalue weighted by atomic mass is 10.0. The lowest BCUT2D eigenvalue weighted by Gasteiger charge is -2.23. The van der Waals surface area contributed by atoms with Gasteiger partial charge in [-0.3, -0.25) is 4.99 Å². The third-order valence-corrected chi connectivity index (χ3v) is 2.99. The summed E-state index contributed by atoms with van der Waals surface area (Å²) in [4.78, 5) is 4.59. The molecule has 0 amide bonds. The van der Waals surface area contributed by atoms with E-state index in [2.05, 4.69) is 4.99 Å². The Balaban J connectivity index is 2.24. The summed E-state index contributed by atoms with van der Waals surface area (Å²) in [6.07, 6.45) is -0.914. The molecule has 3 nitrogen and oxygen atoms in total. The molecular formula is C19H23NO2. The summed E-state index contributed by atoms with van der Waals surface area (Å²) in [5, 5.41) is 10.00. The van der Waals surface area contributed by atoms with Gasteiger partial charge in [-0.25, -0.2) is 0 Å². The van der Waals surface area contributed by atoms with Crippen LogP contribution in [0.4, 0.5) is 0 Å². The molecule has 0 saturated heterocycles. The Morgan fingerprint density at radius 2 is 1.41 bits per heavy atom. The molecule has 2 rings (SSSR count). The van der Waals surface area contributed by atoms with E-state index >= 15 is 0 Å². The number of ether oxygens (including phenoxy) is 1. The zero-order chi connectivity index (χ0) is 16.0. The lowest BCUT2D eigenvalue weighted by Crippen LogP contribution is -2.29. The SMILES string of the molecule is CC(C)(C)OC(O)CN=C(c1ccccc1)c1ccccc1. The van der Waals surface area contributed by atoms with Crippen LogP contribution in [0.5, 0.6) is 0 Å².